The molecule has 10 amide bonds. The lowest BCUT2D eigenvalue weighted by Crippen LogP contribution is -2.60. The third-order valence-corrected chi connectivity index (χ3v) is 20.4. The van der Waals surface area contributed by atoms with E-state index < -0.39 is 181 Å². The fourth-order valence-electron chi connectivity index (χ4n) is 12.0. The lowest BCUT2D eigenvalue weighted by Gasteiger charge is -2.32. The number of amides is 10. The quantitative estimate of drug-likeness (QED) is 0.0247. The standard InChI is InChI=1S/C65H95N13O21S2/c1-5-37(2)44-26-41(80)29-68-60(89)39-24-45-43-8-9-52(95-4)46(35-100-23-7-6-13-67-54(85)12-15-96-17-19-98-21-22-99-20-18-97-16-14-76-31-40(74-75-76)32-78-56(87)10-11-57(78)88)59(43)73-64(45)101(94)36-48(70-55(86)30-69-61(44)90)62(91)71-47(28-53(66)84)65(93)77-33-42(81)27-49(77)63(92)72-58(50(82)25-39)38(3)51(83)34-79/h8-11,31,37-39,42,44,47-49,51,58,73-75,79,81,83H,5-7,12-30,32-36H2,1-4H3,(H2,66,84)(H,67,85)(H,68,89)(H,69,90)(H,70,86)(H,71,91)(H,72,92)/t37-,38-,39+,42+,44-,47-,48-,49-,51-,58-,101?/m0/s1. The van der Waals surface area contributed by atoms with Gasteiger partial charge in [-0.3, -0.25) is 71.7 Å². The largest absolute Gasteiger partial charge is 0.496 e. The van der Waals surface area contributed by atoms with Crippen molar-refractivity contribution in [1.82, 2.24) is 62.7 Å². The van der Waals surface area contributed by atoms with Crippen LogP contribution in [0.1, 0.15) is 83.3 Å². The second kappa shape index (κ2) is 40.0. The van der Waals surface area contributed by atoms with Crippen LogP contribution in [0.15, 0.2) is 41.2 Å². The van der Waals surface area contributed by atoms with Gasteiger partial charge in [0, 0.05) is 91.6 Å². The molecule has 2 aromatic rings. The molecule has 0 radical (unpaired) electrons. The number of hydrazine groups is 2. The van der Waals surface area contributed by atoms with E-state index in [2.05, 4.69) is 47.8 Å². The van der Waals surface area contributed by atoms with Gasteiger partial charge < -0.3 is 91.9 Å². The van der Waals surface area contributed by atoms with E-state index in [1.54, 1.807) is 37.2 Å². The minimum absolute atomic E-state index is 0.0899. The summed E-state index contributed by atoms with van der Waals surface area (Å²) in [5.41, 5.74) is 13.2. The van der Waals surface area contributed by atoms with E-state index in [0.717, 1.165) is 9.80 Å². The number of aromatic amines is 1. The monoisotopic (exact) mass is 1460 g/mol. The average Bonchev–Trinajstić information content (AvgIpc) is 1.62. The zero-order valence-electron chi connectivity index (χ0n) is 57.2. The number of ether oxygens (including phenoxy) is 5. The number of hydrogen-bond acceptors (Lipinski definition) is 25. The Morgan fingerprint density at radius 3 is 2.19 bits per heavy atom. The first kappa shape index (κ1) is 80.4. The predicted octanol–water partition coefficient (Wildman–Crippen LogP) is -3.76. The molecule has 1 fully saturated rings. The molecule has 5 aliphatic heterocycles. The van der Waals surface area contributed by atoms with E-state index in [-0.39, 0.29) is 66.7 Å². The number of carbonyl (C=O) groups is 12. The van der Waals surface area contributed by atoms with Gasteiger partial charge in [-0.2, -0.15) is 11.8 Å². The van der Waals surface area contributed by atoms with Crippen LogP contribution in [0.5, 0.6) is 5.75 Å². The highest BCUT2D eigenvalue weighted by Crippen LogP contribution is 2.37. The molecule has 0 aliphatic carbocycles. The lowest BCUT2D eigenvalue weighted by atomic mass is 9.85. The summed E-state index contributed by atoms with van der Waals surface area (Å²) in [6, 6.07) is -3.68. The number of ketones is 2. The van der Waals surface area contributed by atoms with Gasteiger partial charge in [0.25, 0.3) is 11.8 Å². The van der Waals surface area contributed by atoms with E-state index in [4.69, 9.17) is 29.4 Å². The topological polar surface area (TPSA) is 477 Å². The molecule has 5 aliphatic rings. The van der Waals surface area contributed by atoms with Gasteiger partial charge in [0.2, 0.25) is 47.3 Å². The highest BCUT2D eigenvalue weighted by atomic mass is 32.2. The minimum Gasteiger partial charge on any atom is -0.496 e. The molecular weight excluding hydrogens is 1360 g/mol. The summed E-state index contributed by atoms with van der Waals surface area (Å²) in [5, 5.41) is 49.7. The molecule has 6 heterocycles. The zero-order chi connectivity index (χ0) is 73.3. The van der Waals surface area contributed by atoms with Crippen molar-refractivity contribution in [3.05, 3.63) is 47.3 Å². The molecular formula is C65H95N13O21S2. The summed E-state index contributed by atoms with van der Waals surface area (Å²) < 4.78 is 43.5. The number of aliphatic hydroxyl groups excluding tert-OH is 3. The number of imide groups is 1. The maximum Gasteiger partial charge on any atom is 0.253 e. The van der Waals surface area contributed by atoms with Gasteiger partial charge in [-0.05, 0) is 48.6 Å². The van der Waals surface area contributed by atoms with Gasteiger partial charge >= 0.3 is 0 Å². The molecule has 1 unspecified atom stereocenters. The zero-order valence-corrected chi connectivity index (χ0v) is 58.8. The van der Waals surface area contributed by atoms with E-state index in [1.165, 1.54) is 37.9 Å². The highest BCUT2D eigenvalue weighted by Gasteiger charge is 2.45. The van der Waals surface area contributed by atoms with Crippen molar-refractivity contribution >= 4 is 104 Å². The molecule has 1 aromatic heterocycles. The average molecular weight is 1460 g/mol. The summed E-state index contributed by atoms with van der Waals surface area (Å²) in [6.07, 6.45) is 0.226. The molecule has 0 saturated carbocycles. The number of primary amides is 1. The van der Waals surface area contributed by atoms with Gasteiger partial charge in [-0.15, -0.1) is 5.53 Å². The van der Waals surface area contributed by atoms with Crippen molar-refractivity contribution in [2.24, 2.45) is 29.4 Å². The highest BCUT2D eigenvalue weighted by molar-refractivity contribution is 7.98. The van der Waals surface area contributed by atoms with E-state index in [1.807, 2.05) is 0 Å². The predicted molar refractivity (Wildman–Crippen MR) is 363 cm³/mol. The number of nitrogens with one attached hydrogen (secondary N) is 9. The van der Waals surface area contributed by atoms with Crippen LogP contribution < -0.4 is 53.3 Å². The number of unbranched alkanes of at least 4 members (excludes halogenated alkanes) is 1. The van der Waals surface area contributed by atoms with Crippen LogP contribution in [-0.4, -0.2) is 264 Å². The Morgan fingerprint density at radius 2 is 1.51 bits per heavy atom. The second-order valence-corrected chi connectivity index (χ2v) is 27.7. The number of nitrogens with two attached hydrogens (primary N) is 1. The summed E-state index contributed by atoms with van der Waals surface area (Å²) in [4.78, 5) is 169. The molecule has 101 heavy (non-hydrogen) atoms. The number of rotatable bonds is 32. The Morgan fingerprint density at radius 1 is 0.832 bits per heavy atom. The Balaban J connectivity index is 1.00. The van der Waals surface area contributed by atoms with Crippen molar-refractivity contribution in [1.29, 1.82) is 0 Å². The van der Waals surface area contributed by atoms with Gasteiger partial charge in [0.05, 0.1) is 145 Å². The SMILES string of the molecule is CC[C@H](C)[C@@H]1CC(=O)CNC(=O)[C@H]2CC(=O)[C@H]([C@@H](C)[C@@H](O)CO)NC(=O)[C@@H]3C[C@@H](O)CN3C(=O)[C@H](CC(N)=O)NC(=O)[C@H](CS(=O)c3[nH]c4c(CSCCCCNC(=O)CCOCCOCCOCCOCCN5C=C(CN6C(=O)C=CC6=O)NN5)c(OC)ccc4c3C2)NC(=O)CNC1=O. The molecule has 34 nitrogen and oxygen atoms in total. The van der Waals surface area contributed by atoms with Crippen LogP contribution in [0, 0.1) is 23.7 Å². The number of fused-ring (bicyclic) bond motifs is 5. The normalized spacial score (nSPS) is 23.9. The number of thioether (sulfide) groups is 1. The number of aliphatic hydroxyl groups is 3. The lowest BCUT2D eigenvalue weighted by molar-refractivity contribution is -0.144. The van der Waals surface area contributed by atoms with Gasteiger partial charge in [0.15, 0.2) is 11.6 Å². The summed E-state index contributed by atoms with van der Waals surface area (Å²) in [7, 11) is -0.969. The molecule has 0 spiro atoms. The Labute approximate surface area is 590 Å². The van der Waals surface area contributed by atoms with Crippen molar-refractivity contribution in [2.75, 3.05) is 117 Å². The Kier molecular flexibility index (Phi) is 31.9. The summed E-state index contributed by atoms with van der Waals surface area (Å²) in [5.74, 6) is -13.0. The number of nitrogens with zero attached hydrogens (tertiary/aromatic N) is 3. The summed E-state index contributed by atoms with van der Waals surface area (Å²) in [6.45, 7) is 5.65. The smallest absolute Gasteiger partial charge is 0.253 e. The van der Waals surface area contributed by atoms with Crippen LogP contribution in [0.3, 0.4) is 0 Å². The molecule has 7 rings (SSSR count). The molecule has 14 N–H and O–H groups in total. The maximum absolute atomic E-state index is 15.4. The minimum atomic E-state index is -2.42. The van der Waals surface area contributed by atoms with Gasteiger partial charge in [0.1, 0.15) is 28.9 Å². The van der Waals surface area contributed by atoms with E-state index >= 15 is 9.00 Å². The Hall–Kier alpha value is -7.94. The first-order chi connectivity index (χ1) is 48.4. The molecule has 36 heteroatoms. The number of hydrogen-bond donors (Lipinski definition) is 13. The second-order valence-electron chi connectivity index (χ2n) is 25.2. The van der Waals surface area contributed by atoms with Crippen molar-refractivity contribution < 1.29 is 101 Å². The molecule has 1 saturated heterocycles. The third-order valence-electron chi connectivity index (χ3n) is 17.9. The first-order valence-corrected chi connectivity index (χ1v) is 36.2. The molecule has 11 atom stereocenters. The van der Waals surface area contributed by atoms with Gasteiger partial charge in [-0.25, -0.2) is 0 Å². The number of methoxy groups -OCH3 is 1. The molecule has 2 bridgehead atoms. The fourth-order valence-corrected chi connectivity index (χ4v) is 14.4. The number of H-pyrrole nitrogens is 1. The van der Waals surface area contributed by atoms with E-state index in [9.17, 15) is 68.1 Å². The van der Waals surface area contributed by atoms with Crippen LogP contribution >= 0.6 is 11.8 Å². The Bertz CT molecular complexity index is 3370. The van der Waals surface area contributed by atoms with Gasteiger partial charge in [-0.1, -0.05) is 27.2 Å². The van der Waals surface area contributed by atoms with Crippen molar-refractivity contribution in [3.63, 3.8) is 0 Å². The number of benzene rings is 1. The number of Topliss-reactive ketones (excluding diaryl/α,β-unsaturated/α-hetero) is 2. The van der Waals surface area contributed by atoms with Crippen molar-refractivity contribution in [3.8, 4) is 5.75 Å². The third kappa shape index (κ3) is 23.6. The maximum atomic E-state index is 15.4. The van der Waals surface area contributed by atoms with E-state index in [0.29, 0.717) is 106 Å². The fraction of sp³-hybridized carbons (Fsp3) is 0.631. The molecule has 558 valence electrons. The van der Waals surface area contributed by atoms with Crippen LogP contribution in [0.4, 0.5) is 0 Å². The number of aromatic nitrogens is 1. The van der Waals surface area contributed by atoms with Crippen molar-refractivity contribution in [2.45, 2.75) is 126 Å². The first-order valence-electron chi connectivity index (χ1n) is 33.7. The van der Waals surface area contributed by atoms with Crippen LogP contribution in [0.2, 0.25) is 0 Å². The van der Waals surface area contributed by atoms with Crippen LogP contribution in [0.25, 0.3) is 10.9 Å². The summed E-state index contributed by atoms with van der Waals surface area (Å²) >= 11 is 1.50. The molecule has 1 aromatic carbocycles. The number of carbonyl (C=O) groups excluding carboxylic acids is 12. The van der Waals surface area contributed by atoms with Crippen LogP contribution in [-0.2, 0) is 99.5 Å².